The highest BCUT2D eigenvalue weighted by molar-refractivity contribution is 5.99. The first-order valence-electron chi connectivity index (χ1n) is 7.25. The van der Waals surface area contributed by atoms with E-state index in [1.165, 1.54) is 12.0 Å². The van der Waals surface area contributed by atoms with Gasteiger partial charge in [0.2, 0.25) is 0 Å². The molecule has 1 aromatic carbocycles. The molecule has 1 amide bonds. The Bertz CT molecular complexity index is 638. The van der Waals surface area contributed by atoms with E-state index in [4.69, 9.17) is 0 Å². The molecule has 1 aliphatic heterocycles. The van der Waals surface area contributed by atoms with Crippen molar-refractivity contribution in [3.8, 4) is 0 Å². The minimum Gasteiger partial charge on any atom is -0.358 e. The molecule has 1 fully saturated rings. The van der Waals surface area contributed by atoms with Crippen LogP contribution in [0, 0.1) is 13.8 Å². The molecular weight excluding hydrogens is 250 g/mol. The topological polar surface area (TPSA) is 56.9 Å². The number of hydrogen-bond donors (Lipinski definition) is 3. The molecule has 0 saturated carbocycles. The zero-order chi connectivity index (χ0) is 14.1. The molecule has 3 rings (SSSR count). The van der Waals surface area contributed by atoms with E-state index in [1.807, 2.05) is 18.2 Å². The Kier molecular flexibility index (Phi) is 3.49. The second kappa shape index (κ2) is 5.29. The molecule has 4 heteroatoms. The van der Waals surface area contributed by atoms with Gasteiger partial charge in [-0.25, -0.2) is 0 Å². The molecular formula is C16H21N3O. The van der Waals surface area contributed by atoms with Crippen LogP contribution in [0.4, 0.5) is 0 Å². The van der Waals surface area contributed by atoms with Crippen LogP contribution in [0.15, 0.2) is 18.2 Å². The predicted molar refractivity (Wildman–Crippen MR) is 81.1 cm³/mol. The van der Waals surface area contributed by atoms with Crippen molar-refractivity contribution in [2.75, 3.05) is 13.1 Å². The third kappa shape index (κ3) is 2.43. The van der Waals surface area contributed by atoms with E-state index in [-0.39, 0.29) is 5.91 Å². The van der Waals surface area contributed by atoms with Gasteiger partial charge in [-0.15, -0.1) is 0 Å². The number of carbonyl (C=O) groups is 1. The summed E-state index contributed by atoms with van der Waals surface area (Å²) < 4.78 is 0. The van der Waals surface area contributed by atoms with Crippen LogP contribution in [0.1, 0.15) is 34.5 Å². The summed E-state index contributed by atoms with van der Waals surface area (Å²) in [7, 11) is 0. The lowest BCUT2D eigenvalue weighted by molar-refractivity contribution is 0.0950. The second-order valence-corrected chi connectivity index (χ2v) is 5.64. The number of hydrogen-bond acceptors (Lipinski definition) is 2. The highest BCUT2D eigenvalue weighted by atomic mass is 16.1. The lowest BCUT2D eigenvalue weighted by Crippen LogP contribution is -2.37. The Hall–Kier alpha value is -1.81. The molecule has 20 heavy (non-hydrogen) atoms. The maximum atomic E-state index is 12.2. The van der Waals surface area contributed by atoms with E-state index in [0.717, 1.165) is 35.1 Å². The van der Waals surface area contributed by atoms with Crippen LogP contribution in [0.3, 0.4) is 0 Å². The van der Waals surface area contributed by atoms with Crippen LogP contribution in [-0.4, -0.2) is 30.0 Å². The van der Waals surface area contributed by atoms with Gasteiger partial charge in [0.15, 0.2) is 0 Å². The Labute approximate surface area is 118 Å². The maximum Gasteiger partial charge on any atom is 0.251 e. The van der Waals surface area contributed by atoms with Crippen LogP contribution in [0.25, 0.3) is 10.9 Å². The maximum absolute atomic E-state index is 12.2. The molecule has 1 atom stereocenters. The number of aryl methyl sites for hydroxylation is 2. The highest BCUT2D eigenvalue weighted by Crippen LogP contribution is 2.22. The van der Waals surface area contributed by atoms with E-state index in [9.17, 15) is 4.79 Å². The van der Waals surface area contributed by atoms with Crippen LogP contribution in [0.5, 0.6) is 0 Å². The van der Waals surface area contributed by atoms with Gasteiger partial charge in [-0.05, 0) is 57.0 Å². The van der Waals surface area contributed by atoms with Gasteiger partial charge >= 0.3 is 0 Å². The summed E-state index contributed by atoms with van der Waals surface area (Å²) in [5.74, 6) is 0.0128. The summed E-state index contributed by atoms with van der Waals surface area (Å²) in [6, 6.07) is 6.28. The molecule has 1 aliphatic rings. The largest absolute Gasteiger partial charge is 0.358 e. The Balaban J connectivity index is 1.75. The smallest absolute Gasteiger partial charge is 0.251 e. The third-order valence-corrected chi connectivity index (χ3v) is 4.24. The standard InChI is InChI=1S/C16H21N3O/c1-10-11(2)19-15-6-5-12(8-14(10)15)16(20)18-9-13-4-3-7-17-13/h5-6,8,13,17,19H,3-4,7,9H2,1-2H3,(H,18,20). The molecule has 1 unspecified atom stereocenters. The van der Waals surface area contributed by atoms with Gasteiger partial charge in [0, 0.05) is 34.7 Å². The number of fused-ring (bicyclic) bond motifs is 1. The number of nitrogens with one attached hydrogen (secondary N) is 3. The minimum absolute atomic E-state index is 0.0128. The minimum atomic E-state index is 0.0128. The molecule has 0 radical (unpaired) electrons. The number of H-pyrrole nitrogens is 1. The van der Waals surface area contributed by atoms with Crippen molar-refractivity contribution in [2.45, 2.75) is 32.7 Å². The number of aromatic amines is 1. The van der Waals surface area contributed by atoms with Crippen molar-refractivity contribution < 1.29 is 4.79 Å². The number of rotatable bonds is 3. The summed E-state index contributed by atoms with van der Waals surface area (Å²) in [6.45, 7) is 5.91. The number of benzene rings is 1. The normalized spacial score (nSPS) is 18.6. The van der Waals surface area contributed by atoms with E-state index in [2.05, 4.69) is 29.5 Å². The Morgan fingerprint density at radius 1 is 1.40 bits per heavy atom. The van der Waals surface area contributed by atoms with Crippen LogP contribution < -0.4 is 10.6 Å². The number of carbonyl (C=O) groups excluding carboxylic acids is 1. The fourth-order valence-electron chi connectivity index (χ4n) is 2.85. The van der Waals surface area contributed by atoms with E-state index < -0.39 is 0 Å². The highest BCUT2D eigenvalue weighted by Gasteiger charge is 2.15. The quantitative estimate of drug-likeness (QED) is 0.802. The first-order chi connectivity index (χ1) is 9.65. The summed E-state index contributed by atoms with van der Waals surface area (Å²) in [5.41, 5.74) is 4.20. The van der Waals surface area contributed by atoms with Crippen LogP contribution in [0.2, 0.25) is 0 Å². The van der Waals surface area contributed by atoms with E-state index in [0.29, 0.717) is 12.6 Å². The molecule has 1 saturated heterocycles. The first-order valence-corrected chi connectivity index (χ1v) is 7.25. The van der Waals surface area contributed by atoms with Crippen molar-refractivity contribution >= 4 is 16.8 Å². The van der Waals surface area contributed by atoms with Gasteiger partial charge in [-0.3, -0.25) is 4.79 Å². The molecule has 3 N–H and O–H groups in total. The molecule has 4 nitrogen and oxygen atoms in total. The van der Waals surface area contributed by atoms with Crippen molar-refractivity contribution in [1.82, 2.24) is 15.6 Å². The van der Waals surface area contributed by atoms with Crippen molar-refractivity contribution in [2.24, 2.45) is 0 Å². The molecule has 0 spiro atoms. The zero-order valence-electron chi connectivity index (χ0n) is 12.0. The molecule has 0 bridgehead atoms. The third-order valence-electron chi connectivity index (χ3n) is 4.24. The zero-order valence-corrected chi connectivity index (χ0v) is 12.0. The Morgan fingerprint density at radius 2 is 2.25 bits per heavy atom. The fraction of sp³-hybridized carbons (Fsp3) is 0.438. The fourth-order valence-corrected chi connectivity index (χ4v) is 2.85. The monoisotopic (exact) mass is 271 g/mol. The van der Waals surface area contributed by atoms with Crippen LogP contribution >= 0.6 is 0 Å². The summed E-state index contributed by atoms with van der Waals surface area (Å²) in [6.07, 6.45) is 2.35. The van der Waals surface area contributed by atoms with Gasteiger partial charge < -0.3 is 15.6 Å². The van der Waals surface area contributed by atoms with Gasteiger partial charge in [0.1, 0.15) is 0 Å². The van der Waals surface area contributed by atoms with Crippen molar-refractivity contribution in [3.05, 3.63) is 35.0 Å². The van der Waals surface area contributed by atoms with Crippen LogP contribution in [-0.2, 0) is 0 Å². The Morgan fingerprint density at radius 3 is 3.00 bits per heavy atom. The summed E-state index contributed by atoms with van der Waals surface area (Å²) >= 11 is 0. The van der Waals surface area contributed by atoms with Crippen molar-refractivity contribution in [1.29, 1.82) is 0 Å². The lowest BCUT2D eigenvalue weighted by Gasteiger charge is -2.11. The average Bonchev–Trinajstić information content (AvgIpc) is 3.06. The summed E-state index contributed by atoms with van der Waals surface area (Å²) in [4.78, 5) is 15.5. The van der Waals surface area contributed by atoms with Gasteiger partial charge in [0.05, 0.1) is 0 Å². The van der Waals surface area contributed by atoms with Gasteiger partial charge in [-0.1, -0.05) is 0 Å². The molecule has 0 aliphatic carbocycles. The van der Waals surface area contributed by atoms with Gasteiger partial charge in [-0.2, -0.15) is 0 Å². The number of aromatic nitrogens is 1. The first kappa shape index (κ1) is 13.2. The average molecular weight is 271 g/mol. The van der Waals surface area contributed by atoms with Gasteiger partial charge in [0.25, 0.3) is 5.91 Å². The molecule has 1 aromatic heterocycles. The second-order valence-electron chi connectivity index (χ2n) is 5.64. The molecule has 2 heterocycles. The van der Waals surface area contributed by atoms with E-state index in [1.54, 1.807) is 0 Å². The van der Waals surface area contributed by atoms with E-state index >= 15 is 0 Å². The predicted octanol–water partition coefficient (Wildman–Crippen LogP) is 2.27. The molecule has 2 aromatic rings. The van der Waals surface area contributed by atoms with Crippen molar-refractivity contribution in [3.63, 3.8) is 0 Å². The number of amides is 1. The lowest BCUT2D eigenvalue weighted by atomic mass is 10.1. The summed E-state index contributed by atoms with van der Waals surface area (Å²) in [5, 5.41) is 7.54. The molecule has 106 valence electrons. The SMILES string of the molecule is Cc1[nH]c2ccc(C(=O)NCC3CCCN3)cc2c1C.